The molecule has 2 aliphatic rings. The number of pyridine rings is 1. The molecule has 1 aromatic heterocycles. The summed E-state index contributed by atoms with van der Waals surface area (Å²) in [5.41, 5.74) is 1.13. The number of piperazine rings is 1. The van der Waals surface area contributed by atoms with E-state index in [0.717, 1.165) is 44.2 Å². The van der Waals surface area contributed by atoms with Gasteiger partial charge in [0.25, 0.3) is 0 Å². The van der Waals surface area contributed by atoms with E-state index in [2.05, 4.69) is 26.6 Å². The number of carbonyl (C=O) groups excluding carboxylic acids is 1. The van der Waals surface area contributed by atoms with Gasteiger partial charge in [-0.1, -0.05) is 32.1 Å². The summed E-state index contributed by atoms with van der Waals surface area (Å²) >= 11 is 0. The Labute approximate surface area is 138 Å². The normalized spacial score (nSPS) is 19.6. The van der Waals surface area contributed by atoms with Gasteiger partial charge in [-0.3, -0.25) is 4.79 Å². The van der Waals surface area contributed by atoms with Gasteiger partial charge in [0.05, 0.1) is 11.9 Å². The van der Waals surface area contributed by atoms with Crippen molar-refractivity contribution in [3.8, 4) is 0 Å². The Morgan fingerprint density at radius 2 is 2.00 bits per heavy atom. The Morgan fingerprint density at radius 3 is 2.70 bits per heavy atom. The number of hydrogen-bond donors (Lipinski definition) is 2. The molecule has 0 radical (unpaired) electrons. The molecular weight excluding hydrogens is 288 g/mol. The first-order chi connectivity index (χ1) is 11.3. The molecule has 2 N–H and O–H groups in total. The Hall–Kier alpha value is -1.62. The first kappa shape index (κ1) is 16.2. The van der Waals surface area contributed by atoms with E-state index in [4.69, 9.17) is 0 Å². The highest BCUT2D eigenvalue weighted by Crippen LogP contribution is 2.27. The fourth-order valence-electron chi connectivity index (χ4n) is 3.59. The molecule has 1 saturated heterocycles. The third-order valence-electron chi connectivity index (χ3n) is 5.00. The number of carbonyl (C=O) groups is 1. The van der Waals surface area contributed by atoms with Gasteiger partial charge in [-0.2, -0.15) is 0 Å². The van der Waals surface area contributed by atoms with Crippen molar-refractivity contribution in [3.05, 3.63) is 18.3 Å². The summed E-state index contributed by atoms with van der Waals surface area (Å²) in [7, 11) is 0. The highest BCUT2D eigenvalue weighted by Gasteiger charge is 2.15. The van der Waals surface area contributed by atoms with Gasteiger partial charge in [0.15, 0.2) is 0 Å². The molecule has 0 unspecified atom stereocenters. The van der Waals surface area contributed by atoms with Crippen molar-refractivity contribution in [3.63, 3.8) is 0 Å². The molecule has 1 aliphatic heterocycles. The second kappa shape index (κ2) is 8.29. The molecule has 3 rings (SSSR count). The van der Waals surface area contributed by atoms with Gasteiger partial charge in [0.2, 0.25) is 5.91 Å². The molecule has 1 amide bonds. The summed E-state index contributed by atoms with van der Waals surface area (Å²) in [5.74, 6) is 1.51. The fourth-order valence-corrected chi connectivity index (χ4v) is 3.59. The smallest absolute Gasteiger partial charge is 0.225 e. The van der Waals surface area contributed by atoms with Crippen molar-refractivity contribution < 1.29 is 4.79 Å². The molecule has 0 aromatic carbocycles. The lowest BCUT2D eigenvalue weighted by molar-refractivity contribution is -0.116. The summed E-state index contributed by atoms with van der Waals surface area (Å²) in [5, 5.41) is 6.27. The molecule has 5 nitrogen and oxygen atoms in total. The van der Waals surface area contributed by atoms with E-state index in [1.807, 2.05) is 12.3 Å². The van der Waals surface area contributed by atoms with E-state index in [1.54, 1.807) is 0 Å². The van der Waals surface area contributed by atoms with Crippen molar-refractivity contribution in [1.82, 2.24) is 10.3 Å². The molecule has 2 fully saturated rings. The first-order valence-corrected chi connectivity index (χ1v) is 9.03. The van der Waals surface area contributed by atoms with Gasteiger partial charge in [-0.05, 0) is 24.5 Å². The third kappa shape index (κ3) is 4.93. The molecule has 1 aromatic rings. The van der Waals surface area contributed by atoms with Crippen molar-refractivity contribution >= 4 is 17.4 Å². The van der Waals surface area contributed by atoms with Gasteiger partial charge in [0, 0.05) is 32.6 Å². The maximum absolute atomic E-state index is 12.1. The van der Waals surface area contributed by atoms with Crippen molar-refractivity contribution in [2.75, 3.05) is 36.4 Å². The predicted octanol–water partition coefficient (Wildman–Crippen LogP) is 2.79. The van der Waals surface area contributed by atoms with Crippen LogP contribution < -0.4 is 15.5 Å². The van der Waals surface area contributed by atoms with Crippen LogP contribution in [0.25, 0.3) is 0 Å². The monoisotopic (exact) mass is 316 g/mol. The molecule has 0 atom stereocenters. The number of nitrogens with one attached hydrogen (secondary N) is 2. The molecule has 0 spiro atoms. The molecule has 1 saturated carbocycles. The SMILES string of the molecule is O=C(CCC1CCCCC1)Nc1ccc(N2CCNCC2)cn1. The molecule has 1 aliphatic carbocycles. The van der Waals surface area contributed by atoms with Gasteiger partial charge in [-0.15, -0.1) is 0 Å². The number of anilines is 2. The summed E-state index contributed by atoms with van der Waals surface area (Å²) < 4.78 is 0. The lowest BCUT2D eigenvalue weighted by Crippen LogP contribution is -2.43. The standard InChI is InChI=1S/C18H28N4O/c23-18(9-6-15-4-2-1-3-5-15)21-17-8-7-16(14-20-17)22-12-10-19-11-13-22/h7-8,14-15,19H,1-6,9-13H2,(H,20,21,23). The Bertz CT molecular complexity index is 490. The molecule has 126 valence electrons. The van der Waals surface area contributed by atoms with Crippen LogP contribution in [0.1, 0.15) is 44.9 Å². The Morgan fingerprint density at radius 1 is 1.22 bits per heavy atom. The van der Waals surface area contributed by atoms with Crippen LogP contribution >= 0.6 is 0 Å². The van der Waals surface area contributed by atoms with Crippen LogP contribution in [-0.4, -0.2) is 37.1 Å². The molecule has 5 heteroatoms. The first-order valence-electron chi connectivity index (χ1n) is 9.03. The van der Waals surface area contributed by atoms with Gasteiger partial charge < -0.3 is 15.5 Å². The van der Waals surface area contributed by atoms with Crippen LogP contribution in [0.2, 0.25) is 0 Å². The minimum Gasteiger partial charge on any atom is -0.368 e. The van der Waals surface area contributed by atoms with Crippen LogP contribution in [-0.2, 0) is 4.79 Å². The fraction of sp³-hybridized carbons (Fsp3) is 0.667. The lowest BCUT2D eigenvalue weighted by Gasteiger charge is -2.29. The van der Waals surface area contributed by atoms with Crippen LogP contribution in [0, 0.1) is 5.92 Å². The second-order valence-corrected chi connectivity index (χ2v) is 6.73. The summed E-state index contributed by atoms with van der Waals surface area (Å²) in [6.07, 6.45) is 10.1. The van der Waals surface area contributed by atoms with Crippen molar-refractivity contribution in [2.45, 2.75) is 44.9 Å². The van der Waals surface area contributed by atoms with Crippen LogP contribution in [0.3, 0.4) is 0 Å². The topological polar surface area (TPSA) is 57.3 Å². The van der Waals surface area contributed by atoms with Gasteiger partial charge in [0.1, 0.15) is 5.82 Å². The maximum atomic E-state index is 12.1. The summed E-state index contributed by atoms with van der Waals surface area (Å²) in [4.78, 5) is 18.8. The van der Waals surface area contributed by atoms with Crippen LogP contribution in [0.5, 0.6) is 0 Å². The third-order valence-corrected chi connectivity index (χ3v) is 5.00. The van der Waals surface area contributed by atoms with Gasteiger partial charge in [-0.25, -0.2) is 4.98 Å². The zero-order valence-corrected chi connectivity index (χ0v) is 13.9. The van der Waals surface area contributed by atoms with E-state index >= 15 is 0 Å². The molecule has 23 heavy (non-hydrogen) atoms. The number of amides is 1. The zero-order valence-electron chi connectivity index (χ0n) is 13.9. The highest BCUT2D eigenvalue weighted by molar-refractivity contribution is 5.89. The van der Waals surface area contributed by atoms with E-state index < -0.39 is 0 Å². The second-order valence-electron chi connectivity index (χ2n) is 6.73. The average molecular weight is 316 g/mol. The van der Waals surface area contributed by atoms with E-state index in [9.17, 15) is 4.79 Å². The Kier molecular flexibility index (Phi) is 5.86. The van der Waals surface area contributed by atoms with Crippen molar-refractivity contribution in [2.24, 2.45) is 5.92 Å². The lowest BCUT2D eigenvalue weighted by atomic mass is 9.86. The number of nitrogens with zero attached hydrogens (tertiary/aromatic N) is 2. The summed E-state index contributed by atoms with van der Waals surface area (Å²) in [6, 6.07) is 3.96. The number of rotatable bonds is 5. The van der Waals surface area contributed by atoms with E-state index in [0.29, 0.717) is 12.2 Å². The van der Waals surface area contributed by atoms with Crippen LogP contribution in [0.4, 0.5) is 11.5 Å². The Balaban J connectivity index is 1.44. The van der Waals surface area contributed by atoms with E-state index in [1.165, 1.54) is 32.1 Å². The average Bonchev–Trinajstić information content (AvgIpc) is 2.62. The zero-order chi connectivity index (χ0) is 15.9. The number of hydrogen-bond acceptors (Lipinski definition) is 4. The van der Waals surface area contributed by atoms with Crippen molar-refractivity contribution in [1.29, 1.82) is 0 Å². The summed E-state index contributed by atoms with van der Waals surface area (Å²) in [6.45, 7) is 4.04. The molecular formula is C18H28N4O. The largest absolute Gasteiger partial charge is 0.368 e. The minimum atomic E-state index is 0.0954. The quantitative estimate of drug-likeness (QED) is 0.877. The predicted molar refractivity (Wildman–Crippen MR) is 93.8 cm³/mol. The van der Waals surface area contributed by atoms with E-state index in [-0.39, 0.29) is 5.91 Å². The van der Waals surface area contributed by atoms with Crippen LogP contribution in [0.15, 0.2) is 18.3 Å². The highest BCUT2D eigenvalue weighted by atomic mass is 16.1. The maximum Gasteiger partial charge on any atom is 0.225 e. The molecule has 0 bridgehead atoms. The number of aromatic nitrogens is 1. The van der Waals surface area contributed by atoms with Gasteiger partial charge >= 0.3 is 0 Å². The minimum absolute atomic E-state index is 0.0954. The molecule has 2 heterocycles.